The second-order valence-electron chi connectivity index (χ2n) is 5.39. The van der Waals surface area contributed by atoms with E-state index < -0.39 is 23.9 Å². The van der Waals surface area contributed by atoms with Crippen molar-refractivity contribution in [3.63, 3.8) is 0 Å². The number of carbonyl (C=O) groups is 1. The van der Waals surface area contributed by atoms with E-state index >= 15 is 0 Å². The molecule has 0 radical (unpaired) electrons. The highest BCUT2D eigenvalue weighted by Crippen LogP contribution is 2.41. The molecule has 1 heterocycles. The van der Waals surface area contributed by atoms with Gasteiger partial charge in [-0.15, -0.1) is 0 Å². The predicted octanol–water partition coefficient (Wildman–Crippen LogP) is 0.639. The maximum atomic E-state index is 12.7. The van der Waals surface area contributed by atoms with Gasteiger partial charge in [-0.3, -0.25) is 4.79 Å². The number of alkyl halides is 3. The first kappa shape index (κ1) is 16.0. The standard InChI is InChI=1S/C13H17F3N2O3/c1-18-10-5-3-8(12(20,21)13(14,15)16)6-7(10)2-4-9(17)11(18)19/h5-6,8-9,20-21H,2-4,17H2,1H3. The van der Waals surface area contributed by atoms with Crippen LogP contribution in [0, 0.1) is 5.92 Å². The van der Waals surface area contributed by atoms with Crippen molar-refractivity contribution in [2.24, 2.45) is 11.7 Å². The van der Waals surface area contributed by atoms with Crippen LogP contribution in [0.1, 0.15) is 19.3 Å². The Bertz CT molecular complexity index is 511. The Kier molecular flexibility index (Phi) is 3.90. The molecule has 0 saturated carbocycles. The molecule has 4 N–H and O–H groups in total. The number of aliphatic hydroxyl groups is 2. The Morgan fingerprint density at radius 3 is 2.57 bits per heavy atom. The van der Waals surface area contributed by atoms with Crippen LogP contribution in [0.5, 0.6) is 0 Å². The van der Waals surface area contributed by atoms with E-state index in [1.165, 1.54) is 24.1 Å². The van der Waals surface area contributed by atoms with Crippen molar-refractivity contribution < 1.29 is 28.2 Å². The molecule has 1 aliphatic carbocycles. The predicted molar refractivity (Wildman–Crippen MR) is 67.5 cm³/mol. The van der Waals surface area contributed by atoms with Gasteiger partial charge in [-0.2, -0.15) is 13.2 Å². The number of halogens is 3. The van der Waals surface area contributed by atoms with Gasteiger partial charge in [0.05, 0.1) is 6.04 Å². The molecule has 21 heavy (non-hydrogen) atoms. The second-order valence-corrected chi connectivity index (χ2v) is 5.39. The van der Waals surface area contributed by atoms with Gasteiger partial charge >= 0.3 is 6.18 Å². The van der Waals surface area contributed by atoms with Crippen molar-refractivity contribution in [3.05, 3.63) is 23.4 Å². The highest BCUT2D eigenvalue weighted by atomic mass is 19.4. The summed E-state index contributed by atoms with van der Waals surface area (Å²) in [5.41, 5.74) is 6.65. The Morgan fingerprint density at radius 2 is 2.00 bits per heavy atom. The second kappa shape index (κ2) is 5.11. The molecule has 0 spiro atoms. The molecule has 0 aromatic carbocycles. The van der Waals surface area contributed by atoms with Gasteiger partial charge in [-0.05, 0) is 24.8 Å². The van der Waals surface area contributed by atoms with E-state index in [9.17, 15) is 28.2 Å². The highest BCUT2D eigenvalue weighted by Gasteiger charge is 2.57. The van der Waals surface area contributed by atoms with Gasteiger partial charge < -0.3 is 20.8 Å². The van der Waals surface area contributed by atoms with Gasteiger partial charge in [-0.1, -0.05) is 12.2 Å². The molecule has 5 nitrogen and oxygen atoms in total. The SMILES string of the molecule is CN1C(=O)C(N)CCC2=CC(C(O)(O)C(F)(F)F)CC=C21. The number of rotatable bonds is 1. The van der Waals surface area contributed by atoms with E-state index in [0.717, 1.165) is 0 Å². The maximum Gasteiger partial charge on any atom is 0.443 e. The third kappa shape index (κ3) is 2.70. The maximum absolute atomic E-state index is 12.7. The number of hydrogen-bond donors (Lipinski definition) is 3. The van der Waals surface area contributed by atoms with Gasteiger partial charge in [0.15, 0.2) is 0 Å². The molecule has 0 aromatic heterocycles. The van der Waals surface area contributed by atoms with Crippen LogP contribution in [0.3, 0.4) is 0 Å². The van der Waals surface area contributed by atoms with Crippen LogP contribution in [-0.4, -0.2) is 46.1 Å². The number of amides is 1. The lowest BCUT2D eigenvalue weighted by Gasteiger charge is -2.34. The molecule has 1 saturated heterocycles. The van der Waals surface area contributed by atoms with Crippen LogP contribution >= 0.6 is 0 Å². The van der Waals surface area contributed by atoms with Crippen molar-refractivity contribution in [2.45, 2.75) is 37.3 Å². The molecular formula is C13H17F3N2O3. The average molecular weight is 306 g/mol. The number of likely N-dealkylation sites (tertiary alicyclic amines) is 1. The van der Waals surface area contributed by atoms with E-state index in [1.807, 2.05) is 0 Å². The summed E-state index contributed by atoms with van der Waals surface area (Å²) in [7, 11) is 1.50. The van der Waals surface area contributed by atoms with Crippen LogP contribution in [-0.2, 0) is 4.79 Å². The fourth-order valence-electron chi connectivity index (χ4n) is 2.62. The quantitative estimate of drug-likeness (QED) is 0.621. The van der Waals surface area contributed by atoms with Crippen molar-refractivity contribution in [1.82, 2.24) is 4.90 Å². The molecule has 8 heteroatoms. The van der Waals surface area contributed by atoms with Crippen LogP contribution in [0.25, 0.3) is 0 Å². The van der Waals surface area contributed by atoms with E-state index in [-0.39, 0.29) is 12.3 Å². The Labute approximate surface area is 119 Å². The lowest BCUT2D eigenvalue weighted by Crippen LogP contribution is -2.51. The molecule has 2 atom stereocenters. The summed E-state index contributed by atoms with van der Waals surface area (Å²) in [6.45, 7) is 0. The van der Waals surface area contributed by atoms with Crippen molar-refractivity contribution in [3.8, 4) is 0 Å². The van der Waals surface area contributed by atoms with Gasteiger partial charge in [-0.25, -0.2) is 0 Å². The zero-order valence-electron chi connectivity index (χ0n) is 11.4. The summed E-state index contributed by atoms with van der Waals surface area (Å²) in [5, 5.41) is 18.7. The van der Waals surface area contributed by atoms with Gasteiger partial charge in [0.25, 0.3) is 5.79 Å². The average Bonchev–Trinajstić information content (AvgIpc) is 2.50. The van der Waals surface area contributed by atoms with E-state index in [1.54, 1.807) is 0 Å². The molecular weight excluding hydrogens is 289 g/mol. The third-order valence-electron chi connectivity index (χ3n) is 3.96. The summed E-state index contributed by atoms with van der Waals surface area (Å²) in [4.78, 5) is 13.2. The zero-order chi connectivity index (χ0) is 16.0. The molecule has 0 bridgehead atoms. The minimum absolute atomic E-state index is 0.224. The van der Waals surface area contributed by atoms with Gasteiger partial charge in [0.2, 0.25) is 5.91 Å². The topological polar surface area (TPSA) is 86.8 Å². The first-order chi connectivity index (χ1) is 9.55. The third-order valence-corrected chi connectivity index (χ3v) is 3.96. The molecule has 1 amide bonds. The number of nitrogens with two attached hydrogens (primary N) is 1. The zero-order valence-corrected chi connectivity index (χ0v) is 11.4. The molecule has 2 rings (SSSR count). The number of likely N-dealkylation sites (N-methyl/N-ethyl adjacent to an activating group) is 1. The minimum atomic E-state index is -5.15. The Balaban J connectivity index is 2.33. The Morgan fingerprint density at radius 1 is 1.38 bits per heavy atom. The number of hydrogen-bond acceptors (Lipinski definition) is 4. The van der Waals surface area contributed by atoms with E-state index in [0.29, 0.717) is 24.1 Å². The van der Waals surface area contributed by atoms with Crippen molar-refractivity contribution in [2.75, 3.05) is 7.05 Å². The molecule has 1 fully saturated rings. The first-order valence-corrected chi connectivity index (χ1v) is 6.51. The number of carbonyl (C=O) groups excluding carboxylic acids is 1. The fourth-order valence-corrected chi connectivity index (χ4v) is 2.62. The normalized spacial score (nSPS) is 27.8. The monoisotopic (exact) mass is 306 g/mol. The fraction of sp³-hybridized carbons (Fsp3) is 0.615. The van der Waals surface area contributed by atoms with E-state index in [4.69, 9.17) is 5.73 Å². The molecule has 2 aliphatic rings. The minimum Gasteiger partial charge on any atom is -0.358 e. The van der Waals surface area contributed by atoms with Crippen LogP contribution < -0.4 is 5.73 Å². The number of allylic oxidation sites excluding steroid dienone is 2. The van der Waals surface area contributed by atoms with Crippen molar-refractivity contribution >= 4 is 5.91 Å². The number of nitrogens with zero attached hydrogens (tertiary/aromatic N) is 1. The van der Waals surface area contributed by atoms with Gasteiger partial charge in [0, 0.05) is 18.7 Å². The van der Waals surface area contributed by atoms with Crippen LogP contribution in [0.2, 0.25) is 0 Å². The largest absolute Gasteiger partial charge is 0.443 e. The smallest absolute Gasteiger partial charge is 0.358 e. The summed E-state index contributed by atoms with van der Waals surface area (Å²) < 4.78 is 38.1. The lowest BCUT2D eigenvalue weighted by atomic mass is 9.85. The number of fused-ring (bicyclic) bond motifs is 1. The summed E-state index contributed by atoms with van der Waals surface area (Å²) in [5.74, 6) is -5.61. The molecule has 1 aliphatic heterocycles. The molecule has 0 aromatic rings. The van der Waals surface area contributed by atoms with E-state index in [2.05, 4.69) is 0 Å². The van der Waals surface area contributed by atoms with Crippen LogP contribution in [0.4, 0.5) is 13.2 Å². The summed E-state index contributed by atoms with van der Waals surface area (Å²) in [6, 6.07) is -0.712. The molecule has 2 unspecified atom stereocenters. The van der Waals surface area contributed by atoms with Crippen molar-refractivity contribution in [1.29, 1.82) is 0 Å². The highest BCUT2D eigenvalue weighted by molar-refractivity contribution is 5.84. The molecule has 118 valence electrons. The summed E-state index contributed by atoms with van der Waals surface area (Å²) >= 11 is 0. The van der Waals surface area contributed by atoms with Crippen LogP contribution in [0.15, 0.2) is 23.4 Å². The lowest BCUT2D eigenvalue weighted by molar-refractivity contribution is -0.363. The summed E-state index contributed by atoms with van der Waals surface area (Å²) in [6.07, 6.45) is -2.16. The van der Waals surface area contributed by atoms with Gasteiger partial charge in [0.1, 0.15) is 0 Å². The Hall–Kier alpha value is -1.38. The first-order valence-electron chi connectivity index (χ1n) is 6.51.